The molecule has 7 heteroatoms. The van der Waals surface area contributed by atoms with Crippen LogP contribution in [0.15, 0.2) is 47.5 Å². The third-order valence-electron chi connectivity index (χ3n) is 4.04. The van der Waals surface area contributed by atoms with E-state index in [2.05, 4.69) is 44.1 Å². The number of aromatic nitrogens is 5. The molecule has 0 aliphatic rings. The van der Waals surface area contributed by atoms with E-state index in [-0.39, 0.29) is 6.04 Å². The van der Waals surface area contributed by atoms with Gasteiger partial charge in [-0.3, -0.25) is 9.67 Å². The summed E-state index contributed by atoms with van der Waals surface area (Å²) >= 11 is 1.72. The van der Waals surface area contributed by atoms with Gasteiger partial charge in [0.15, 0.2) is 11.5 Å². The second-order valence-corrected chi connectivity index (χ2v) is 6.80. The predicted octanol–water partition coefficient (Wildman–Crippen LogP) is 3.53. The number of thiophene rings is 1. The first-order chi connectivity index (χ1) is 12.2. The van der Waals surface area contributed by atoms with Crippen LogP contribution in [0.4, 0.5) is 5.82 Å². The Morgan fingerprint density at radius 3 is 2.80 bits per heavy atom. The highest BCUT2D eigenvalue weighted by molar-refractivity contribution is 7.07. The van der Waals surface area contributed by atoms with Crippen LogP contribution in [0.1, 0.15) is 12.5 Å². The van der Waals surface area contributed by atoms with Gasteiger partial charge in [-0.05, 0) is 47.9 Å². The van der Waals surface area contributed by atoms with Gasteiger partial charge in [0.05, 0.1) is 11.6 Å². The zero-order valence-electron chi connectivity index (χ0n) is 14.0. The van der Waals surface area contributed by atoms with Crippen molar-refractivity contribution < 1.29 is 0 Å². The van der Waals surface area contributed by atoms with Gasteiger partial charge in [-0.2, -0.15) is 16.4 Å². The van der Waals surface area contributed by atoms with Gasteiger partial charge in [-0.15, -0.1) is 0 Å². The summed E-state index contributed by atoms with van der Waals surface area (Å²) in [5.41, 5.74) is 3.08. The quantitative estimate of drug-likeness (QED) is 0.596. The lowest BCUT2D eigenvalue weighted by atomic mass is 10.1. The van der Waals surface area contributed by atoms with E-state index in [1.165, 1.54) is 5.56 Å². The number of nitrogens with zero attached hydrogens (tertiary/aromatic N) is 5. The second kappa shape index (κ2) is 6.60. The van der Waals surface area contributed by atoms with Gasteiger partial charge >= 0.3 is 0 Å². The van der Waals surface area contributed by atoms with Crippen molar-refractivity contribution in [1.82, 2.24) is 24.7 Å². The number of hydrogen-bond donors (Lipinski definition) is 1. The highest BCUT2D eigenvalue weighted by Crippen LogP contribution is 2.25. The van der Waals surface area contributed by atoms with Crippen molar-refractivity contribution in [2.75, 3.05) is 5.32 Å². The van der Waals surface area contributed by atoms with Crippen molar-refractivity contribution in [3.05, 3.63) is 53.1 Å². The van der Waals surface area contributed by atoms with E-state index in [9.17, 15) is 0 Å². The Bertz CT molecular complexity index is 978. The van der Waals surface area contributed by atoms with E-state index in [0.717, 1.165) is 28.8 Å². The molecule has 4 aromatic heterocycles. The fraction of sp³-hybridized carbons (Fsp3) is 0.222. The van der Waals surface area contributed by atoms with Crippen molar-refractivity contribution in [2.45, 2.75) is 19.4 Å². The monoisotopic (exact) mass is 350 g/mol. The van der Waals surface area contributed by atoms with Crippen LogP contribution in [0.2, 0.25) is 0 Å². The van der Waals surface area contributed by atoms with Crippen LogP contribution >= 0.6 is 11.3 Å². The zero-order valence-corrected chi connectivity index (χ0v) is 14.9. The van der Waals surface area contributed by atoms with E-state index in [1.807, 2.05) is 25.4 Å². The SMILES string of the molecule is C[C@H](Cc1ccsc1)Nc1nc(-c2ccncc2)nc2c1cnn2C. The van der Waals surface area contributed by atoms with Crippen molar-refractivity contribution in [2.24, 2.45) is 7.05 Å². The Balaban J connectivity index is 1.71. The maximum absolute atomic E-state index is 4.75. The molecule has 4 rings (SSSR count). The number of hydrogen-bond acceptors (Lipinski definition) is 6. The van der Waals surface area contributed by atoms with Crippen molar-refractivity contribution in [1.29, 1.82) is 0 Å². The van der Waals surface area contributed by atoms with Crippen molar-refractivity contribution in [3.63, 3.8) is 0 Å². The first-order valence-electron chi connectivity index (χ1n) is 8.08. The Morgan fingerprint density at radius 2 is 2.04 bits per heavy atom. The van der Waals surface area contributed by atoms with E-state index >= 15 is 0 Å². The summed E-state index contributed by atoms with van der Waals surface area (Å²) in [4.78, 5) is 13.5. The summed E-state index contributed by atoms with van der Waals surface area (Å²) in [5.74, 6) is 1.48. The molecule has 25 heavy (non-hydrogen) atoms. The lowest BCUT2D eigenvalue weighted by molar-refractivity contribution is 0.782. The van der Waals surface area contributed by atoms with Crippen molar-refractivity contribution in [3.8, 4) is 11.4 Å². The Kier molecular flexibility index (Phi) is 4.15. The molecule has 1 N–H and O–H groups in total. The third kappa shape index (κ3) is 3.23. The first kappa shape index (κ1) is 15.7. The summed E-state index contributed by atoms with van der Waals surface area (Å²) in [5, 5.41) is 13.1. The normalized spacial score (nSPS) is 12.4. The largest absolute Gasteiger partial charge is 0.367 e. The minimum absolute atomic E-state index is 0.248. The van der Waals surface area contributed by atoms with Gasteiger partial charge in [0.25, 0.3) is 0 Å². The van der Waals surface area contributed by atoms with Gasteiger partial charge < -0.3 is 5.32 Å². The average molecular weight is 350 g/mol. The lowest BCUT2D eigenvalue weighted by Crippen LogP contribution is -2.19. The molecule has 0 aliphatic heterocycles. The van der Waals surface area contributed by atoms with Gasteiger partial charge in [-0.1, -0.05) is 0 Å². The van der Waals surface area contributed by atoms with Crippen LogP contribution in [0.3, 0.4) is 0 Å². The molecule has 0 aromatic carbocycles. The number of aryl methyl sites for hydroxylation is 1. The molecule has 0 radical (unpaired) electrons. The molecule has 0 aliphatic carbocycles. The molecule has 0 bridgehead atoms. The third-order valence-corrected chi connectivity index (χ3v) is 4.77. The molecule has 4 heterocycles. The molecule has 0 fully saturated rings. The number of rotatable bonds is 5. The molecular formula is C18H18N6S. The van der Waals surface area contributed by atoms with E-state index in [4.69, 9.17) is 4.98 Å². The molecular weight excluding hydrogens is 332 g/mol. The molecule has 0 unspecified atom stereocenters. The number of nitrogens with one attached hydrogen (secondary N) is 1. The van der Waals surface area contributed by atoms with E-state index < -0.39 is 0 Å². The van der Waals surface area contributed by atoms with Gasteiger partial charge in [0.2, 0.25) is 0 Å². The Labute approximate surface area is 149 Å². The maximum Gasteiger partial charge on any atom is 0.164 e. The highest BCUT2D eigenvalue weighted by atomic mass is 32.1. The molecule has 6 nitrogen and oxygen atoms in total. The van der Waals surface area contributed by atoms with E-state index in [1.54, 1.807) is 28.4 Å². The molecule has 0 saturated heterocycles. The summed E-state index contributed by atoms with van der Waals surface area (Å²) < 4.78 is 1.77. The minimum atomic E-state index is 0.248. The number of anilines is 1. The topological polar surface area (TPSA) is 68.5 Å². The average Bonchev–Trinajstić information content (AvgIpc) is 3.26. The zero-order chi connectivity index (χ0) is 17.2. The van der Waals surface area contributed by atoms with Gasteiger partial charge in [0, 0.05) is 31.0 Å². The minimum Gasteiger partial charge on any atom is -0.367 e. The van der Waals surface area contributed by atoms with Crippen LogP contribution in [0, 0.1) is 0 Å². The Morgan fingerprint density at radius 1 is 1.20 bits per heavy atom. The maximum atomic E-state index is 4.75. The number of fused-ring (bicyclic) bond motifs is 1. The lowest BCUT2D eigenvalue weighted by Gasteiger charge is -2.15. The van der Waals surface area contributed by atoms with Crippen LogP contribution < -0.4 is 5.32 Å². The van der Waals surface area contributed by atoms with Crippen LogP contribution in [-0.2, 0) is 13.5 Å². The van der Waals surface area contributed by atoms with Gasteiger partial charge in [0.1, 0.15) is 5.82 Å². The standard InChI is InChI=1S/C18H18N6S/c1-12(9-13-5-8-25-11-13)21-17-15-10-20-24(2)18(15)23-16(22-17)14-3-6-19-7-4-14/h3-8,10-12H,9H2,1-2H3,(H,21,22,23)/t12-/m1/s1. The summed E-state index contributed by atoms with van der Waals surface area (Å²) in [6, 6.07) is 6.23. The van der Waals surface area contributed by atoms with Gasteiger partial charge in [-0.25, -0.2) is 9.97 Å². The molecule has 126 valence electrons. The highest BCUT2D eigenvalue weighted by Gasteiger charge is 2.15. The van der Waals surface area contributed by atoms with Crippen LogP contribution in [-0.4, -0.2) is 30.8 Å². The molecule has 4 aromatic rings. The second-order valence-electron chi connectivity index (χ2n) is 6.02. The first-order valence-corrected chi connectivity index (χ1v) is 9.03. The molecule has 0 spiro atoms. The molecule has 0 saturated carbocycles. The molecule has 0 amide bonds. The Hall–Kier alpha value is -2.80. The number of pyridine rings is 1. The van der Waals surface area contributed by atoms with Crippen LogP contribution in [0.25, 0.3) is 22.4 Å². The fourth-order valence-corrected chi connectivity index (χ4v) is 3.49. The van der Waals surface area contributed by atoms with E-state index in [0.29, 0.717) is 5.82 Å². The fourth-order valence-electron chi connectivity index (χ4n) is 2.81. The molecule has 1 atom stereocenters. The predicted molar refractivity (Wildman–Crippen MR) is 101 cm³/mol. The van der Waals surface area contributed by atoms with Crippen molar-refractivity contribution >= 4 is 28.2 Å². The van der Waals surface area contributed by atoms with Crippen LogP contribution in [0.5, 0.6) is 0 Å². The summed E-state index contributed by atoms with van der Waals surface area (Å²) in [6.45, 7) is 2.16. The smallest absolute Gasteiger partial charge is 0.164 e. The summed E-state index contributed by atoms with van der Waals surface area (Å²) in [6.07, 6.45) is 6.25. The summed E-state index contributed by atoms with van der Waals surface area (Å²) in [7, 11) is 1.89.